The highest BCUT2D eigenvalue weighted by atomic mass is 16.4. The SMILES string of the molecule is Cc1cc(C(=O)O)cc(NC(CO)C(C)C)n1. The van der Waals surface area contributed by atoms with Crippen molar-refractivity contribution in [3.63, 3.8) is 0 Å². The Morgan fingerprint density at radius 3 is 2.59 bits per heavy atom. The molecule has 1 unspecified atom stereocenters. The Balaban J connectivity index is 2.94. The van der Waals surface area contributed by atoms with E-state index in [4.69, 9.17) is 5.11 Å². The van der Waals surface area contributed by atoms with Crippen LogP contribution in [0.25, 0.3) is 0 Å². The van der Waals surface area contributed by atoms with E-state index in [9.17, 15) is 9.90 Å². The van der Waals surface area contributed by atoms with Crippen LogP contribution in [0.15, 0.2) is 12.1 Å². The Labute approximate surface area is 101 Å². The van der Waals surface area contributed by atoms with Gasteiger partial charge in [-0.05, 0) is 25.0 Å². The number of carboxylic acid groups (broad SMARTS) is 1. The molecule has 0 radical (unpaired) electrons. The smallest absolute Gasteiger partial charge is 0.335 e. The molecule has 0 amide bonds. The van der Waals surface area contributed by atoms with Crippen LogP contribution in [0.3, 0.4) is 0 Å². The summed E-state index contributed by atoms with van der Waals surface area (Å²) in [5.41, 5.74) is 0.827. The summed E-state index contributed by atoms with van der Waals surface area (Å²) in [6.07, 6.45) is 0. The third kappa shape index (κ3) is 3.71. The van der Waals surface area contributed by atoms with Crippen molar-refractivity contribution in [3.8, 4) is 0 Å². The molecule has 17 heavy (non-hydrogen) atoms. The molecule has 94 valence electrons. The molecule has 0 aromatic carbocycles. The molecule has 1 aromatic heterocycles. The number of hydrogen-bond acceptors (Lipinski definition) is 4. The summed E-state index contributed by atoms with van der Waals surface area (Å²) in [6.45, 7) is 5.67. The summed E-state index contributed by atoms with van der Waals surface area (Å²) in [5, 5.41) is 21.2. The van der Waals surface area contributed by atoms with E-state index in [2.05, 4.69) is 10.3 Å². The van der Waals surface area contributed by atoms with Crippen molar-refractivity contribution < 1.29 is 15.0 Å². The summed E-state index contributed by atoms with van der Waals surface area (Å²) in [4.78, 5) is 15.1. The predicted octanol–water partition coefficient (Wildman–Crippen LogP) is 1.52. The van der Waals surface area contributed by atoms with Crippen LogP contribution < -0.4 is 5.32 Å². The van der Waals surface area contributed by atoms with Crippen LogP contribution in [0.1, 0.15) is 29.9 Å². The number of nitrogens with zero attached hydrogens (tertiary/aromatic N) is 1. The lowest BCUT2D eigenvalue weighted by Gasteiger charge is -2.20. The van der Waals surface area contributed by atoms with Crippen LogP contribution in [0.4, 0.5) is 5.82 Å². The lowest BCUT2D eigenvalue weighted by molar-refractivity contribution is 0.0696. The van der Waals surface area contributed by atoms with Crippen LogP contribution in [0.2, 0.25) is 0 Å². The normalized spacial score (nSPS) is 12.5. The van der Waals surface area contributed by atoms with Crippen molar-refractivity contribution in [1.29, 1.82) is 0 Å². The van der Waals surface area contributed by atoms with Gasteiger partial charge in [0, 0.05) is 5.69 Å². The first-order chi connectivity index (χ1) is 7.93. The van der Waals surface area contributed by atoms with E-state index < -0.39 is 5.97 Å². The number of aryl methyl sites for hydroxylation is 1. The molecule has 0 spiro atoms. The molecule has 1 atom stereocenters. The van der Waals surface area contributed by atoms with E-state index in [1.54, 1.807) is 6.92 Å². The van der Waals surface area contributed by atoms with Crippen LogP contribution in [0, 0.1) is 12.8 Å². The molecular formula is C12H18N2O3. The molecule has 0 saturated carbocycles. The highest BCUT2D eigenvalue weighted by molar-refractivity contribution is 5.88. The fraction of sp³-hybridized carbons (Fsp3) is 0.500. The van der Waals surface area contributed by atoms with Crippen molar-refractivity contribution in [1.82, 2.24) is 4.98 Å². The minimum absolute atomic E-state index is 0.0182. The molecule has 3 N–H and O–H groups in total. The topological polar surface area (TPSA) is 82.5 Å². The van der Waals surface area contributed by atoms with Crippen molar-refractivity contribution in [3.05, 3.63) is 23.4 Å². The van der Waals surface area contributed by atoms with Gasteiger partial charge in [-0.2, -0.15) is 0 Å². The first-order valence-electron chi connectivity index (χ1n) is 5.53. The molecule has 1 rings (SSSR count). The fourth-order valence-electron chi connectivity index (χ4n) is 1.48. The maximum Gasteiger partial charge on any atom is 0.335 e. The van der Waals surface area contributed by atoms with Crippen molar-refractivity contribution in [2.75, 3.05) is 11.9 Å². The fourth-order valence-corrected chi connectivity index (χ4v) is 1.48. The highest BCUT2D eigenvalue weighted by Crippen LogP contribution is 2.14. The third-order valence-electron chi connectivity index (χ3n) is 2.54. The number of carbonyl (C=O) groups is 1. The summed E-state index contributed by atoms with van der Waals surface area (Å²) in [5.74, 6) is -0.269. The lowest BCUT2D eigenvalue weighted by Crippen LogP contribution is -2.30. The number of anilines is 1. The second-order valence-corrected chi connectivity index (χ2v) is 4.37. The summed E-state index contributed by atoms with van der Waals surface area (Å²) in [7, 11) is 0. The average Bonchev–Trinajstić information content (AvgIpc) is 2.24. The van der Waals surface area contributed by atoms with Gasteiger partial charge in [-0.15, -0.1) is 0 Å². The highest BCUT2D eigenvalue weighted by Gasteiger charge is 2.14. The standard InChI is InChI=1S/C12H18N2O3/c1-7(2)10(6-15)14-11-5-9(12(16)17)4-8(3)13-11/h4-5,7,10,15H,6H2,1-3H3,(H,13,14)(H,16,17). The van der Waals surface area contributed by atoms with Gasteiger partial charge in [0.05, 0.1) is 18.2 Å². The molecule has 1 heterocycles. The minimum Gasteiger partial charge on any atom is -0.478 e. The van der Waals surface area contributed by atoms with Crippen LogP contribution in [-0.2, 0) is 0 Å². The third-order valence-corrected chi connectivity index (χ3v) is 2.54. The maximum atomic E-state index is 10.9. The molecular weight excluding hydrogens is 220 g/mol. The van der Waals surface area contributed by atoms with E-state index in [1.165, 1.54) is 12.1 Å². The molecule has 0 bridgehead atoms. The number of aromatic carboxylic acids is 1. The van der Waals surface area contributed by atoms with Crippen molar-refractivity contribution in [2.45, 2.75) is 26.8 Å². The lowest BCUT2D eigenvalue weighted by atomic mass is 10.1. The van der Waals surface area contributed by atoms with E-state index in [0.717, 1.165) is 0 Å². The Morgan fingerprint density at radius 1 is 1.47 bits per heavy atom. The van der Waals surface area contributed by atoms with Crippen LogP contribution in [-0.4, -0.2) is 33.8 Å². The van der Waals surface area contributed by atoms with Gasteiger partial charge < -0.3 is 15.5 Å². The second kappa shape index (κ2) is 5.63. The molecule has 5 nitrogen and oxygen atoms in total. The monoisotopic (exact) mass is 238 g/mol. The Morgan fingerprint density at radius 2 is 2.12 bits per heavy atom. The van der Waals surface area contributed by atoms with Gasteiger partial charge in [0.1, 0.15) is 5.82 Å². The number of hydrogen-bond donors (Lipinski definition) is 3. The van der Waals surface area contributed by atoms with Crippen LogP contribution >= 0.6 is 0 Å². The molecule has 1 aromatic rings. The van der Waals surface area contributed by atoms with Gasteiger partial charge in [0.25, 0.3) is 0 Å². The van der Waals surface area contributed by atoms with Crippen LogP contribution in [0.5, 0.6) is 0 Å². The number of aliphatic hydroxyl groups excluding tert-OH is 1. The number of aliphatic hydroxyl groups is 1. The number of rotatable bonds is 5. The average molecular weight is 238 g/mol. The maximum absolute atomic E-state index is 10.9. The predicted molar refractivity (Wildman–Crippen MR) is 65.3 cm³/mol. The number of aromatic nitrogens is 1. The number of pyridine rings is 1. The zero-order chi connectivity index (χ0) is 13.0. The van der Waals surface area contributed by atoms with Crippen molar-refractivity contribution >= 4 is 11.8 Å². The summed E-state index contributed by atoms with van der Waals surface area (Å²) >= 11 is 0. The van der Waals surface area contributed by atoms with Crippen molar-refractivity contribution in [2.24, 2.45) is 5.92 Å². The second-order valence-electron chi connectivity index (χ2n) is 4.37. The van der Waals surface area contributed by atoms with E-state index in [0.29, 0.717) is 11.5 Å². The zero-order valence-electron chi connectivity index (χ0n) is 10.3. The molecule has 0 aliphatic carbocycles. The molecule has 0 fully saturated rings. The Hall–Kier alpha value is -1.62. The van der Waals surface area contributed by atoms with Gasteiger partial charge in [-0.25, -0.2) is 9.78 Å². The summed E-state index contributed by atoms with van der Waals surface area (Å²) < 4.78 is 0. The van der Waals surface area contributed by atoms with Gasteiger partial charge in [0.15, 0.2) is 0 Å². The van der Waals surface area contributed by atoms with E-state index in [1.807, 2.05) is 13.8 Å². The van der Waals surface area contributed by atoms with Gasteiger partial charge in [-0.3, -0.25) is 0 Å². The molecule has 5 heteroatoms. The van der Waals surface area contributed by atoms with E-state index >= 15 is 0 Å². The minimum atomic E-state index is -0.983. The molecule has 0 aliphatic rings. The number of carboxylic acids is 1. The Bertz CT molecular complexity index is 405. The zero-order valence-corrected chi connectivity index (χ0v) is 10.3. The first-order valence-corrected chi connectivity index (χ1v) is 5.53. The Kier molecular flexibility index (Phi) is 4.45. The van der Waals surface area contributed by atoms with Gasteiger partial charge in [-0.1, -0.05) is 13.8 Å². The quantitative estimate of drug-likeness (QED) is 0.724. The van der Waals surface area contributed by atoms with Gasteiger partial charge >= 0.3 is 5.97 Å². The first kappa shape index (κ1) is 13.4. The molecule has 0 saturated heterocycles. The number of nitrogens with one attached hydrogen (secondary N) is 1. The largest absolute Gasteiger partial charge is 0.478 e. The summed E-state index contributed by atoms with van der Waals surface area (Å²) in [6, 6.07) is 2.85. The molecule has 0 aliphatic heterocycles. The van der Waals surface area contributed by atoms with Gasteiger partial charge in [0.2, 0.25) is 0 Å². The van der Waals surface area contributed by atoms with E-state index in [-0.39, 0.29) is 24.1 Å².